The van der Waals surface area contributed by atoms with Crippen molar-refractivity contribution in [3.63, 3.8) is 0 Å². The molecule has 0 bridgehead atoms. The zero-order valence-electron chi connectivity index (χ0n) is 8.12. The van der Waals surface area contributed by atoms with Gasteiger partial charge in [0.15, 0.2) is 0 Å². The second kappa shape index (κ2) is 3.18. The standard InChI is InChI=1S/C14H9N/c1-2-6-11(7-3-1)13-10-15-14-9-5-4-8-12(13)14/h1-2,4-6,8-10,15H. The van der Waals surface area contributed by atoms with Crippen LogP contribution in [0, 0.1) is 12.1 Å². The third-order valence-electron chi connectivity index (χ3n) is 2.53. The van der Waals surface area contributed by atoms with Gasteiger partial charge in [-0.3, -0.25) is 0 Å². The van der Waals surface area contributed by atoms with Crippen LogP contribution in [0.5, 0.6) is 0 Å². The van der Waals surface area contributed by atoms with Gasteiger partial charge < -0.3 is 4.98 Å². The number of hydrogen-bond acceptors (Lipinski definition) is 0. The summed E-state index contributed by atoms with van der Waals surface area (Å²) in [6, 6.07) is 20.2. The molecule has 0 fully saturated rings. The predicted octanol–water partition coefficient (Wildman–Crippen LogP) is 3.44. The maximum Gasteiger partial charge on any atom is 0.0460 e. The largest absolute Gasteiger partial charge is 0.361 e. The molecule has 1 heteroatoms. The smallest absolute Gasteiger partial charge is 0.0460 e. The molecule has 3 rings (SSSR count). The number of aromatic amines is 1. The Balaban J connectivity index is 2.28. The molecule has 0 saturated carbocycles. The van der Waals surface area contributed by atoms with Crippen molar-refractivity contribution in [2.75, 3.05) is 0 Å². The van der Waals surface area contributed by atoms with Gasteiger partial charge in [0.25, 0.3) is 0 Å². The van der Waals surface area contributed by atoms with E-state index >= 15 is 0 Å². The van der Waals surface area contributed by atoms with Gasteiger partial charge in [-0.1, -0.05) is 36.4 Å². The van der Waals surface area contributed by atoms with Gasteiger partial charge in [-0.15, -0.1) is 0 Å². The number of para-hydroxylation sites is 1. The molecule has 0 aliphatic heterocycles. The summed E-state index contributed by atoms with van der Waals surface area (Å²) < 4.78 is 0. The summed E-state index contributed by atoms with van der Waals surface area (Å²) in [5, 5.41) is 1.23. The van der Waals surface area contributed by atoms with Crippen molar-refractivity contribution in [2.24, 2.45) is 0 Å². The minimum absolute atomic E-state index is 1.08. The van der Waals surface area contributed by atoms with Crippen LogP contribution in [0.4, 0.5) is 0 Å². The van der Waals surface area contributed by atoms with Gasteiger partial charge in [0.05, 0.1) is 0 Å². The average Bonchev–Trinajstić information content (AvgIpc) is 2.74. The minimum atomic E-state index is 1.08. The van der Waals surface area contributed by atoms with Gasteiger partial charge in [-0.05, 0) is 18.2 Å². The maximum atomic E-state index is 3.25. The van der Waals surface area contributed by atoms with Gasteiger partial charge >= 0.3 is 0 Å². The summed E-state index contributed by atoms with van der Waals surface area (Å²) in [6.45, 7) is 0. The monoisotopic (exact) mass is 191 g/mol. The highest BCUT2D eigenvalue weighted by Gasteiger charge is 2.03. The van der Waals surface area contributed by atoms with Gasteiger partial charge in [0, 0.05) is 28.2 Å². The molecule has 1 N–H and O–H groups in total. The van der Waals surface area contributed by atoms with Crippen LogP contribution in [0.15, 0.2) is 48.7 Å². The Kier molecular flexibility index (Phi) is 1.73. The molecule has 0 aliphatic rings. The third kappa shape index (κ3) is 1.28. The Bertz CT molecular complexity index is 578. The second-order valence-corrected chi connectivity index (χ2v) is 3.46. The van der Waals surface area contributed by atoms with E-state index in [1.807, 2.05) is 36.5 Å². The number of hydrogen-bond donors (Lipinski definition) is 1. The normalized spacial score (nSPS) is 10.1. The van der Waals surface area contributed by atoms with E-state index in [-0.39, 0.29) is 0 Å². The Hall–Kier alpha value is -2.20. The van der Waals surface area contributed by atoms with Gasteiger partial charge in [0.2, 0.25) is 0 Å². The van der Waals surface area contributed by atoms with Crippen molar-refractivity contribution in [1.82, 2.24) is 4.98 Å². The lowest BCUT2D eigenvalue weighted by Gasteiger charge is -1.94. The summed E-state index contributed by atoms with van der Waals surface area (Å²) in [7, 11) is 0. The summed E-state index contributed by atoms with van der Waals surface area (Å²) in [6.07, 6.45) is 2.02. The molecule has 1 nitrogen and oxygen atoms in total. The predicted molar refractivity (Wildman–Crippen MR) is 61.4 cm³/mol. The molecule has 0 amide bonds. The number of H-pyrrole nitrogens is 1. The highest BCUT2D eigenvalue weighted by atomic mass is 14.7. The van der Waals surface area contributed by atoms with Crippen LogP contribution in [0.25, 0.3) is 22.0 Å². The van der Waals surface area contributed by atoms with Gasteiger partial charge in [0.1, 0.15) is 0 Å². The fourth-order valence-electron chi connectivity index (χ4n) is 1.81. The van der Waals surface area contributed by atoms with Crippen molar-refractivity contribution in [1.29, 1.82) is 0 Å². The van der Waals surface area contributed by atoms with Crippen molar-refractivity contribution in [2.45, 2.75) is 0 Å². The average molecular weight is 191 g/mol. The lowest BCUT2D eigenvalue weighted by atomic mass is 10.1. The third-order valence-corrected chi connectivity index (χ3v) is 2.53. The van der Waals surface area contributed by atoms with Crippen LogP contribution in [-0.4, -0.2) is 4.98 Å². The van der Waals surface area contributed by atoms with Gasteiger partial charge in [-0.25, -0.2) is 0 Å². The van der Waals surface area contributed by atoms with Crippen LogP contribution >= 0.6 is 0 Å². The van der Waals surface area contributed by atoms with E-state index < -0.39 is 0 Å². The van der Waals surface area contributed by atoms with E-state index in [1.54, 1.807) is 0 Å². The topological polar surface area (TPSA) is 15.8 Å². The molecule has 0 aliphatic carbocycles. The first-order valence-electron chi connectivity index (χ1n) is 4.90. The van der Waals surface area contributed by atoms with E-state index in [1.165, 1.54) is 10.9 Å². The fourth-order valence-corrected chi connectivity index (χ4v) is 1.81. The number of rotatable bonds is 1. The molecule has 0 radical (unpaired) electrons. The second-order valence-electron chi connectivity index (χ2n) is 3.46. The quantitative estimate of drug-likeness (QED) is 0.606. The van der Waals surface area contributed by atoms with Crippen molar-refractivity contribution in [3.05, 3.63) is 60.8 Å². The molecule has 1 heterocycles. The van der Waals surface area contributed by atoms with Crippen molar-refractivity contribution in [3.8, 4) is 11.1 Å². The Morgan fingerprint density at radius 1 is 1.00 bits per heavy atom. The van der Waals surface area contributed by atoms with E-state index in [4.69, 9.17) is 0 Å². The van der Waals surface area contributed by atoms with Crippen molar-refractivity contribution >= 4 is 10.9 Å². The molecule has 3 aromatic rings. The zero-order valence-corrected chi connectivity index (χ0v) is 8.12. The molecule has 2 aromatic carbocycles. The van der Waals surface area contributed by atoms with Crippen LogP contribution in [0.3, 0.4) is 0 Å². The lowest BCUT2D eigenvalue weighted by molar-refractivity contribution is 1.47. The molecular weight excluding hydrogens is 182 g/mol. The van der Waals surface area contributed by atoms with E-state index in [0.29, 0.717) is 0 Å². The first kappa shape index (κ1) is 8.14. The number of nitrogens with one attached hydrogen (secondary N) is 1. The highest BCUT2D eigenvalue weighted by molar-refractivity contribution is 5.94. The summed E-state index contributed by atoms with van der Waals surface area (Å²) in [5.41, 5.74) is 3.42. The van der Waals surface area contributed by atoms with E-state index in [9.17, 15) is 0 Å². The Morgan fingerprint density at radius 2 is 1.93 bits per heavy atom. The summed E-state index contributed by atoms with van der Waals surface area (Å²) >= 11 is 0. The SMILES string of the molecule is c1cccc(-c2c[nH]c3ccccc23)c#1. The summed E-state index contributed by atoms with van der Waals surface area (Å²) in [5.74, 6) is 0. The molecule has 0 saturated heterocycles. The molecule has 0 atom stereocenters. The number of fused-ring (bicyclic) bond motifs is 1. The first-order chi connectivity index (χ1) is 7.45. The number of benzene rings is 1. The molecule has 0 spiro atoms. The van der Waals surface area contributed by atoms with E-state index in [0.717, 1.165) is 11.1 Å². The summed E-state index contributed by atoms with van der Waals surface area (Å²) in [4.78, 5) is 3.25. The van der Waals surface area contributed by atoms with Crippen LogP contribution in [0.2, 0.25) is 0 Å². The molecule has 1 aromatic heterocycles. The van der Waals surface area contributed by atoms with Gasteiger partial charge in [-0.2, -0.15) is 0 Å². The number of aromatic nitrogens is 1. The minimum Gasteiger partial charge on any atom is -0.361 e. The Morgan fingerprint density at radius 3 is 2.80 bits per heavy atom. The molecule has 70 valence electrons. The van der Waals surface area contributed by atoms with Crippen molar-refractivity contribution < 1.29 is 0 Å². The maximum absolute atomic E-state index is 3.25. The fraction of sp³-hybridized carbons (Fsp3) is 0. The first-order valence-corrected chi connectivity index (χ1v) is 4.90. The molecule has 0 unspecified atom stereocenters. The zero-order chi connectivity index (χ0) is 10.1. The van der Waals surface area contributed by atoms with Crippen LogP contribution < -0.4 is 0 Å². The molecule has 15 heavy (non-hydrogen) atoms. The lowest BCUT2D eigenvalue weighted by Crippen LogP contribution is -1.71. The highest BCUT2D eigenvalue weighted by Crippen LogP contribution is 2.26. The van der Waals surface area contributed by atoms with Crippen LogP contribution in [0.1, 0.15) is 0 Å². The Labute approximate surface area is 88.4 Å². The molecular formula is C14H9N. The van der Waals surface area contributed by atoms with E-state index in [2.05, 4.69) is 29.2 Å². The van der Waals surface area contributed by atoms with Crippen LogP contribution in [-0.2, 0) is 0 Å².